The summed E-state index contributed by atoms with van der Waals surface area (Å²) in [5.74, 6) is 0.687. The Morgan fingerprint density at radius 3 is 2.21 bits per heavy atom. The van der Waals surface area contributed by atoms with Gasteiger partial charge in [0.05, 0.1) is 5.41 Å². The van der Waals surface area contributed by atoms with E-state index >= 15 is 0 Å². The van der Waals surface area contributed by atoms with E-state index in [1.807, 2.05) is 0 Å². The van der Waals surface area contributed by atoms with Crippen LogP contribution in [-0.2, 0) is 4.79 Å². The number of halogens is 1. The maximum absolute atomic E-state index is 11.9. The van der Waals surface area contributed by atoms with Gasteiger partial charge >= 0.3 is 5.97 Å². The van der Waals surface area contributed by atoms with Gasteiger partial charge in [-0.25, -0.2) is 0 Å². The van der Waals surface area contributed by atoms with E-state index in [0.717, 1.165) is 57.3 Å². The molecule has 0 spiro atoms. The van der Waals surface area contributed by atoms with Gasteiger partial charge in [0.2, 0.25) is 0 Å². The fourth-order valence-corrected chi connectivity index (χ4v) is 4.82. The van der Waals surface area contributed by atoms with Crippen LogP contribution >= 0.6 is 15.9 Å². The third-order valence-electron chi connectivity index (χ3n) is 5.56. The van der Waals surface area contributed by atoms with Gasteiger partial charge in [0.15, 0.2) is 0 Å². The van der Waals surface area contributed by atoms with E-state index in [1.165, 1.54) is 12.8 Å². The number of carboxylic acid groups (broad SMARTS) is 1. The zero-order valence-electron chi connectivity index (χ0n) is 12.0. The molecule has 0 atom stereocenters. The van der Waals surface area contributed by atoms with Crippen LogP contribution in [0.25, 0.3) is 0 Å². The Labute approximate surface area is 125 Å². The lowest BCUT2D eigenvalue weighted by Gasteiger charge is -2.44. The van der Waals surface area contributed by atoms with E-state index in [0.29, 0.717) is 10.7 Å². The van der Waals surface area contributed by atoms with E-state index in [-0.39, 0.29) is 0 Å². The zero-order chi connectivity index (χ0) is 13.9. The largest absolute Gasteiger partial charge is 0.481 e. The smallest absolute Gasteiger partial charge is 0.309 e. The summed E-state index contributed by atoms with van der Waals surface area (Å²) in [5, 5.41) is 9.81. The van der Waals surface area contributed by atoms with E-state index in [1.54, 1.807) is 0 Å². The predicted molar refractivity (Wildman–Crippen MR) is 81.6 cm³/mol. The molecule has 3 heteroatoms. The Morgan fingerprint density at radius 1 is 1.16 bits per heavy atom. The molecule has 0 amide bonds. The Balaban J connectivity index is 2.02. The van der Waals surface area contributed by atoms with Crippen LogP contribution in [0.5, 0.6) is 0 Å². The molecule has 2 rings (SSSR count). The van der Waals surface area contributed by atoms with Crippen molar-refractivity contribution in [2.75, 3.05) is 0 Å². The maximum Gasteiger partial charge on any atom is 0.309 e. The molecular weight excluding hydrogens is 304 g/mol. The van der Waals surface area contributed by atoms with Gasteiger partial charge in [-0.3, -0.25) is 4.79 Å². The number of rotatable bonds is 4. The van der Waals surface area contributed by atoms with Crippen LogP contribution in [0.3, 0.4) is 0 Å². The molecule has 0 radical (unpaired) electrons. The summed E-state index contributed by atoms with van der Waals surface area (Å²) in [4.78, 5) is 12.5. The molecule has 1 N–H and O–H groups in total. The van der Waals surface area contributed by atoms with Crippen molar-refractivity contribution in [1.29, 1.82) is 0 Å². The summed E-state index contributed by atoms with van der Waals surface area (Å²) in [6.45, 7) is 2.23. The first-order valence-corrected chi connectivity index (χ1v) is 8.87. The second kappa shape index (κ2) is 6.60. The Morgan fingerprint density at radius 2 is 1.74 bits per heavy atom. The highest BCUT2D eigenvalue weighted by atomic mass is 79.9. The summed E-state index contributed by atoms with van der Waals surface area (Å²) in [5.41, 5.74) is -0.391. The highest BCUT2D eigenvalue weighted by Gasteiger charge is 2.48. The molecular formula is C16H27BrO2. The molecule has 2 aliphatic carbocycles. The van der Waals surface area contributed by atoms with Crippen molar-refractivity contribution >= 4 is 21.9 Å². The van der Waals surface area contributed by atoms with Gasteiger partial charge in [-0.15, -0.1) is 0 Å². The van der Waals surface area contributed by atoms with Gasteiger partial charge in [-0.1, -0.05) is 35.7 Å². The molecule has 0 unspecified atom stereocenters. The van der Waals surface area contributed by atoms with Crippen molar-refractivity contribution in [2.45, 2.75) is 76.0 Å². The molecule has 0 saturated heterocycles. The second-order valence-electron chi connectivity index (χ2n) is 6.64. The highest BCUT2D eigenvalue weighted by molar-refractivity contribution is 9.09. The minimum atomic E-state index is -0.513. The van der Waals surface area contributed by atoms with Gasteiger partial charge in [0, 0.05) is 4.83 Å². The summed E-state index contributed by atoms with van der Waals surface area (Å²) in [6.07, 6.45) is 11.1. The minimum absolute atomic E-state index is 0.391. The quantitative estimate of drug-likeness (QED) is 0.736. The Kier molecular flexibility index (Phi) is 5.33. The molecule has 2 fully saturated rings. The monoisotopic (exact) mass is 330 g/mol. The summed E-state index contributed by atoms with van der Waals surface area (Å²) in [7, 11) is 0. The van der Waals surface area contributed by atoms with Crippen LogP contribution in [-0.4, -0.2) is 15.9 Å². The molecule has 0 aromatic heterocycles. The lowest BCUT2D eigenvalue weighted by molar-refractivity contribution is -0.157. The number of carboxylic acids is 1. The van der Waals surface area contributed by atoms with Gasteiger partial charge < -0.3 is 5.11 Å². The first kappa shape index (κ1) is 15.3. The summed E-state index contributed by atoms with van der Waals surface area (Å²) >= 11 is 3.68. The number of carbonyl (C=O) groups is 1. The predicted octanol–water partition coefficient (Wildman–Crippen LogP) is 5.00. The number of alkyl halides is 1. The fraction of sp³-hybridized carbons (Fsp3) is 0.938. The van der Waals surface area contributed by atoms with E-state index < -0.39 is 11.4 Å². The zero-order valence-corrected chi connectivity index (χ0v) is 13.6. The molecule has 0 aromatic rings. The Bertz CT molecular complexity index is 300. The van der Waals surface area contributed by atoms with Crippen LogP contribution in [0.1, 0.15) is 71.1 Å². The first-order chi connectivity index (χ1) is 9.08. The van der Waals surface area contributed by atoms with E-state index in [9.17, 15) is 9.90 Å². The van der Waals surface area contributed by atoms with Gasteiger partial charge in [-0.05, 0) is 63.2 Å². The molecule has 0 heterocycles. The molecule has 110 valence electrons. The molecule has 2 nitrogen and oxygen atoms in total. The molecule has 2 saturated carbocycles. The average Bonchev–Trinajstić information content (AvgIpc) is 2.41. The maximum atomic E-state index is 11.9. The van der Waals surface area contributed by atoms with Crippen LogP contribution in [0, 0.1) is 17.3 Å². The summed E-state index contributed by atoms with van der Waals surface area (Å²) in [6, 6.07) is 0. The lowest BCUT2D eigenvalue weighted by Crippen LogP contribution is -2.43. The van der Waals surface area contributed by atoms with Crippen LogP contribution in [0.15, 0.2) is 0 Å². The van der Waals surface area contributed by atoms with Crippen molar-refractivity contribution in [3.05, 3.63) is 0 Å². The molecule has 0 aromatic carbocycles. The number of hydrogen-bond acceptors (Lipinski definition) is 1. The third-order valence-corrected chi connectivity index (χ3v) is 6.47. The van der Waals surface area contributed by atoms with Crippen molar-refractivity contribution in [2.24, 2.45) is 17.3 Å². The lowest BCUT2D eigenvalue weighted by atomic mass is 9.60. The Hall–Kier alpha value is -0.0500. The van der Waals surface area contributed by atoms with Gasteiger partial charge in [0.1, 0.15) is 0 Å². The standard InChI is InChI=1S/C16H27BrO2/c1-2-3-12-8-10-16(11-9-12,15(18)19)13-4-6-14(17)7-5-13/h12-14H,2-11H2,1H3,(H,18,19). The summed E-state index contributed by atoms with van der Waals surface area (Å²) < 4.78 is 0. The van der Waals surface area contributed by atoms with Crippen LogP contribution < -0.4 is 0 Å². The van der Waals surface area contributed by atoms with Crippen molar-refractivity contribution in [3.63, 3.8) is 0 Å². The second-order valence-corrected chi connectivity index (χ2v) is 7.94. The molecule has 0 aliphatic heterocycles. The third kappa shape index (κ3) is 3.34. The van der Waals surface area contributed by atoms with E-state index in [4.69, 9.17) is 0 Å². The minimum Gasteiger partial charge on any atom is -0.481 e. The van der Waals surface area contributed by atoms with Crippen LogP contribution in [0.2, 0.25) is 0 Å². The SMILES string of the molecule is CCCC1CCC(C(=O)O)(C2CCC(Br)CC2)CC1. The number of hydrogen-bond donors (Lipinski definition) is 1. The number of aliphatic carboxylic acids is 1. The molecule has 19 heavy (non-hydrogen) atoms. The van der Waals surface area contributed by atoms with E-state index in [2.05, 4.69) is 22.9 Å². The normalized spacial score (nSPS) is 40.0. The van der Waals surface area contributed by atoms with Gasteiger partial charge in [-0.2, -0.15) is 0 Å². The van der Waals surface area contributed by atoms with Crippen molar-refractivity contribution in [3.8, 4) is 0 Å². The van der Waals surface area contributed by atoms with Crippen molar-refractivity contribution < 1.29 is 9.90 Å². The molecule has 2 aliphatic rings. The van der Waals surface area contributed by atoms with Crippen molar-refractivity contribution in [1.82, 2.24) is 0 Å². The first-order valence-electron chi connectivity index (χ1n) is 7.96. The van der Waals surface area contributed by atoms with Gasteiger partial charge in [0.25, 0.3) is 0 Å². The topological polar surface area (TPSA) is 37.3 Å². The van der Waals surface area contributed by atoms with Crippen LogP contribution in [0.4, 0.5) is 0 Å². The molecule has 0 bridgehead atoms. The fourth-order valence-electron chi connectivity index (χ4n) is 4.29. The highest BCUT2D eigenvalue weighted by Crippen LogP contribution is 2.50. The average molecular weight is 331 g/mol.